The fourth-order valence-electron chi connectivity index (χ4n) is 7.92. The Labute approximate surface area is 363 Å². The molecular formula is C55H59ClN2S. The minimum atomic E-state index is 0.00954. The molecule has 0 aliphatic carbocycles. The molecule has 1 heterocycles. The molecule has 0 spiro atoms. The highest BCUT2D eigenvalue weighted by Crippen LogP contribution is 2.52. The van der Waals surface area contributed by atoms with Crippen LogP contribution in [-0.2, 0) is 16.2 Å². The molecule has 0 atom stereocenters. The second-order valence-electron chi connectivity index (χ2n) is 19.1. The third kappa shape index (κ3) is 8.79. The van der Waals surface area contributed by atoms with Gasteiger partial charge in [-0.1, -0.05) is 159 Å². The molecule has 0 N–H and O–H groups in total. The highest BCUT2D eigenvalue weighted by Gasteiger charge is 2.28. The van der Waals surface area contributed by atoms with Gasteiger partial charge in [-0.15, -0.1) is 11.3 Å². The Morgan fingerprint density at radius 3 is 1.36 bits per heavy atom. The van der Waals surface area contributed by atoms with Gasteiger partial charge in [-0.2, -0.15) is 0 Å². The summed E-state index contributed by atoms with van der Waals surface area (Å²) in [5.74, 6) is 0. The minimum absolute atomic E-state index is 0.00954. The van der Waals surface area contributed by atoms with Crippen LogP contribution in [0.5, 0.6) is 0 Å². The van der Waals surface area contributed by atoms with Crippen molar-refractivity contribution in [2.75, 3.05) is 9.80 Å². The Bertz CT molecular complexity index is 2530. The number of benzene rings is 6. The van der Waals surface area contributed by atoms with Crippen LogP contribution in [0.3, 0.4) is 0 Å². The lowest BCUT2D eigenvalue weighted by Crippen LogP contribution is -2.16. The lowest BCUT2D eigenvalue weighted by molar-refractivity contribution is 0.589. The van der Waals surface area contributed by atoms with E-state index in [1.165, 1.54) is 54.9 Å². The molecule has 0 bridgehead atoms. The van der Waals surface area contributed by atoms with E-state index in [0.717, 1.165) is 34.1 Å². The van der Waals surface area contributed by atoms with Crippen molar-refractivity contribution in [3.63, 3.8) is 0 Å². The maximum atomic E-state index is 7.34. The zero-order chi connectivity index (χ0) is 42.4. The first-order valence-electron chi connectivity index (χ1n) is 20.8. The zero-order valence-corrected chi connectivity index (χ0v) is 38.5. The van der Waals surface area contributed by atoms with E-state index in [4.69, 9.17) is 11.6 Å². The maximum absolute atomic E-state index is 7.34. The molecule has 0 unspecified atom stereocenters. The smallest absolute Gasteiger partial charge is 0.0653 e. The molecule has 0 fully saturated rings. The van der Waals surface area contributed by atoms with Gasteiger partial charge < -0.3 is 9.80 Å². The topological polar surface area (TPSA) is 6.48 Å². The van der Waals surface area contributed by atoms with Crippen LogP contribution in [0.15, 0.2) is 139 Å². The number of anilines is 6. The third-order valence-electron chi connectivity index (χ3n) is 11.5. The number of aryl methyl sites for hydroxylation is 3. The Balaban J connectivity index is 1.51. The quantitative estimate of drug-likeness (QED) is 0.151. The predicted molar refractivity (Wildman–Crippen MR) is 260 cm³/mol. The van der Waals surface area contributed by atoms with E-state index >= 15 is 0 Å². The molecule has 7 rings (SSSR count). The zero-order valence-electron chi connectivity index (χ0n) is 37.0. The number of thiophene rings is 1. The lowest BCUT2D eigenvalue weighted by atomic mass is 9.86. The van der Waals surface area contributed by atoms with Gasteiger partial charge in [0.25, 0.3) is 0 Å². The van der Waals surface area contributed by atoms with E-state index in [1.54, 1.807) is 0 Å². The molecule has 0 radical (unpaired) electrons. The number of hydrogen-bond acceptors (Lipinski definition) is 3. The molecule has 6 aromatic carbocycles. The van der Waals surface area contributed by atoms with Crippen molar-refractivity contribution in [2.24, 2.45) is 0 Å². The molecule has 0 amide bonds. The molecule has 0 aliphatic heterocycles. The van der Waals surface area contributed by atoms with Crippen molar-refractivity contribution >= 4 is 57.1 Å². The molecule has 4 heteroatoms. The van der Waals surface area contributed by atoms with Crippen molar-refractivity contribution in [1.29, 1.82) is 0 Å². The van der Waals surface area contributed by atoms with Gasteiger partial charge >= 0.3 is 0 Å². The van der Waals surface area contributed by atoms with Gasteiger partial charge in [-0.05, 0) is 130 Å². The van der Waals surface area contributed by atoms with Crippen molar-refractivity contribution in [2.45, 2.75) is 99.3 Å². The second-order valence-corrected chi connectivity index (χ2v) is 20.5. The van der Waals surface area contributed by atoms with Gasteiger partial charge in [0.1, 0.15) is 0 Å². The summed E-state index contributed by atoms with van der Waals surface area (Å²) in [5.41, 5.74) is 17.7. The SMILES string of the molecule is Cc1ccccc1-c1scc(N(c2cc(Cl)cc(N(c3ccc(C(C)(C)C)cc3)c3ccc(C(C)(C)C)cc3)c2)c2ccc(C(C)(C)C)cc2C)c1-c1ccccc1C. The molecule has 0 saturated carbocycles. The second kappa shape index (κ2) is 16.2. The van der Waals surface area contributed by atoms with Crippen LogP contribution >= 0.6 is 22.9 Å². The highest BCUT2D eigenvalue weighted by atomic mass is 35.5. The predicted octanol–water partition coefficient (Wildman–Crippen LogP) is 17.5. The summed E-state index contributed by atoms with van der Waals surface area (Å²) < 4.78 is 0. The van der Waals surface area contributed by atoms with Gasteiger partial charge in [0.15, 0.2) is 0 Å². The summed E-state index contributed by atoms with van der Waals surface area (Å²) >= 11 is 9.14. The molecule has 2 nitrogen and oxygen atoms in total. The minimum Gasteiger partial charge on any atom is -0.310 e. The fraction of sp³-hybridized carbons (Fsp3) is 0.273. The largest absolute Gasteiger partial charge is 0.310 e. The van der Waals surface area contributed by atoms with E-state index in [9.17, 15) is 0 Å². The van der Waals surface area contributed by atoms with Gasteiger partial charge in [-0.3, -0.25) is 0 Å². The molecule has 7 aromatic rings. The number of rotatable bonds is 8. The fourth-order valence-corrected chi connectivity index (χ4v) is 9.28. The average molecular weight is 816 g/mol. The average Bonchev–Trinajstić information content (AvgIpc) is 3.59. The summed E-state index contributed by atoms with van der Waals surface area (Å²) in [6, 6.07) is 49.0. The Morgan fingerprint density at radius 1 is 0.424 bits per heavy atom. The van der Waals surface area contributed by atoms with Crippen LogP contribution in [0.25, 0.3) is 21.6 Å². The van der Waals surface area contributed by atoms with Crippen LogP contribution in [-0.4, -0.2) is 0 Å². The normalized spacial score (nSPS) is 12.2. The molecule has 302 valence electrons. The Morgan fingerprint density at radius 2 is 0.881 bits per heavy atom. The summed E-state index contributed by atoms with van der Waals surface area (Å²) in [6.45, 7) is 27.1. The van der Waals surface area contributed by atoms with Gasteiger partial charge in [0.2, 0.25) is 0 Å². The third-order valence-corrected chi connectivity index (χ3v) is 12.7. The van der Waals surface area contributed by atoms with Gasteiger partial charge in [-0.25, -0.2) is 0 Å². The molecule has 1 aromatic heterocycles. The molecule has 0 aliphatic rings. The van der Waals surface area contributed by atoms with Crippen molar-refractivity contribution in [3.8, 4) is 21.6 Å². The lowest BCUT2D eigenvalue weighted by Gasteiger charge is -2.32. The summed E-state index contributed by atoms with van der Waals surface area (Å²) in [6.07, 6.45) is 0. The Hall–Kier alpha value is -5.09. The van der Waals surface area contributed by atoms with Crippen molar-refractivity contribution in [1.82, 2.24) is 0 Å². The van der Waals surface area contributed by atoms with Crippen LogP contribution in [0.2, 0.25) is 5.02 Å². The van der Waals surface area contributed by atoms with E-state index < -0.39 is 0 Å². The standard InChI is InChI=1S/C55H59ClN2S/c1-36-17-13-15-19-47(36)51-50(35-59-52(51)48-20-16-14-18-37(48)2)58(49-30-25-41(31-38(49)3)55(10,11)12)46-33-42(56)32-45(34-46)57(43-26-21-39(22-27-43)53(4,5)6)44-28-23-40(24-29-44)54(7,8)9/h13-35H,1-12H3. The number of nitrogens with zero attached hydrogens (tertiary/aromatic N) is 2. The van der Waals surface area contributed by atoms with Crippen LogP contribution in [0, 0.1) is 20.8 Å². The van der Waals surface area contributed by atoms with Crippen molar-refractivity contribution in [3.05, 3.63) is 177 Å². The first-order valence-corrected chi connectivity index (χ1v) is 22.0. The summed E-state index contributed by atoms with van der Waals surface area (Å²) in [4.78, 5) is 6.04. The first-order chi connectivity index (χ1) is 27.8. The van der Waals surface area contributed by atoms with Crippen LogP contribution in [0.4, 0.5) is 34.1 Å². The molecule has 59 heavy (non-hydrogen) atoms. The monoisotopic (exact) mass is 814 g/mol. The van der Waals surface area contributed by atoms with Crippen LogP contribution in [0.1, 0.15) is 95.7 Å². The van der Waals surface area contributed by atoms with E-state index in [-0.39, 0.29) is 16.2 Å². The molecular weight excluding hydrogens is 756 g/mol. The summed E-state index contributed by atoms with van der Waals surface area (Å²) in [5, 5.41) is 3.01. The van der Waals surface area contributed by atoms with Gasteiger partial charge in [0, 0.05) is 49.3 Å². The van der Waals surface area contributed by atoms with Gasteiger partial charge in [0.05, 0.1) is 5.69 Å². The van der Waals surface area contributed by atoms with Crippen LogP contribution < -0.4 is 9.80 Å². The molecule has 0 saturated heterocycles. The van der Waals surface area contributed by atoms with Crippen molar-refractivity contribution < 1.29 is 0 Å². The van der Waals surface area contributed by atoms with E-state index in [2.05, 4.69) is 232 Å². The van der Waals surface area contributed by atoms with E-state index in [0.29, 0.717) is 5.02 Å². The summed E-state index contributed by atoms with van der Waals surface area (Å²) in [7, 11) is 0. The Kier molecular flexibility index (Phi) is 11.5. The number of halogens is 1. The highest BCUT2D eigenvalue weighted by molar-refractivity contribution is 7.14. The maximum Gasteiger partial charge on any atom is 0.0653 e. The van der Waals surface area contributed by atoms with E-state index in [1.807, 2.05) is 11.3 Å². The number of hydrogen-bond donors (Lipinski definition) is 0. The first kappa shape index (κ1) is 42.0.